The van der Waals surface area contributed by atoms with Gasteiger partial charge in [-0.3, -0.25) is 4.79 Å². The van der Waals surface area contributed by atoms with Crippen LogP contribution in [0.15, 0.2) is 22.0 Å². The van der Waals surface area contributed by atoms with E-state index in [2.05, 4.69) is 22.0 Å². The normalized spacial score (nSPS) is 10.6. The van der Waals surface area contributed by atoms with Gasteiger partial charge in [-0.05, 0) is 39.9 Å². The van der Waals surface area contributed by atoms with E-state index in [0.29, 0.717) is 0 Å². The van der Waals surface area contributed by atoms with Crippen LogP contribution in [-0.2, 0) is 0 Å². The lowest BCUT2D eigenvalue weighted by atomic mass is 10.1. The quantitative estimate of drug-likeness (QED) is 0.708. The summed E-state index contributed by atoms with van der Waals surface area (Å²) in [5.74, 6) is 0. The fourth-order valence-electron chi connectivity index (χ4n) is 1.35. The van der Waals surface area contributed by atoms with Gasteiger partial charge in [0, 0.05) is 10.3 Å². The minimum Gasteiger partial charge on any atom is -0.298 e. The van der Waals surface area contributed by atoms with Crippen LogP contribution >= 0.6 is 27.3 Å². The van der Waals surface area contributed by atoms with Gasteiger partial charge in [-0.2, -0.15) is 0 Å². The van der Waals surface area contributed by atoms with Crippen LogP contribution in [0.25, 0.3) is 10.1 Å². The smallest absolute Gasteiger partial charge is 0.150 e. The van der Waals surface area contributed by atoms with E-state index in [0.717, 1.165) is 21.2 Å². The SMILES string of the molecule is Cc1c(C=O)ccc2cc(Br)sc12. The monoisotopic (exact) mass is 254 g/mol. The fraction of sp³-hybridized carbons (Fsp3) is 0.100. The van der Waals surface area contributed by atoms with Crippen LogP contribution < -0.4 is 0 Å². The second-order valence-corrected chi connectivity index (χ2v) is 5.30. The molecule has 0 bridgehead atoms. The number of rotatable bonds is 1. The summed E-state index contributed by atoms with van der Waals surface area (Å²) >= 11 is 5.10. The Hall–Kier alpha value is -0.670. The van der Waals surface area contributed by atoms with Gasteiger partial charge in [0.25, 0.3) is 0 Å². The standard InChI is InChI=1S/C10H7BrOS/c1-6-8(5-12)3-2-7-4-9(11)13-10(6)7/h2-5H,1H3. The number of carbonyl (C=O) groups is 1. The highest BCUT2D eigenvalue weighted by molar-refractivity contribution is 9.11. The second-order valence-electron chi connectivity index (χ2n) is 2.87. The van der Waals surface area contributed by atoms with Crippen molar-refractivity contribution in [2.75, 3.05) is 0 Å². The van der Waals surface area contributed by atoms with E-state index in [9.17, 15) is 4.79 Å². The van der Waals surface area contributed by atoms with E-state index in [1.165, 1.54) is 10.1 Å². The number of aryl methyl sites for hydroxylation is 1. The summed E-state index contributed by atoms with van der Waals surface area (Å²) in [6.07, 6.45) is 0.905. The van der Waals surface area contributed by atoms with Crippen LogP contribution in [0.4, 0.5) is 0 Å². The molecule has 0 fully saturated rings. The molecule has 2 rings (SSSR count). The summed E-state index contributed by atoms with van der Waals surface area (Å²) in [4.78, 5) is 10.7. The number of carbonyl (C=O) groups excluding carboxylic acids is 1. The van der Waals surface area contributed by atoms with Gasteiger partial charge < -0.3 is 0 Å². The summed E-state index contributed by atoms with van der Waals surface area (Å²) in [6, 6.07) is 5.92. The Labute approximate surface area is 88.5 Å². The highest BCUT2D eigenvalue weighted by Gasteiger charge is 2.05. The molecule has 0 aliphatic rings. The van der Waals surface area contributed by atoms with Gasteiger partial charge in [0.05, 0.1) is 3.79 Å². The average molecular weight is 255 g/mol. The molecule has 0 unspecified atom stereocenters. The Morgan fingerprint density at radius 2 is 2.23 bits per heavy atom. The van der Waals surface area contributed by atoms with Crippen LogP contribution in [0.1, 0.15) is 15.9 Å². The molecule has 0 radical (unpaired) electrons. The Kier molecular flexibility index (Phi) is 2.22. The predicted octanol–water partition coefficient (Wildman–Crippen LogP) is 3.78. The van der Waals surface area contributed by atoms with Crippen molar-refractivity contribution < 1.29 is 4.79 Å². The summed E-state index contributed by atoms with van der Waals surface area (Å²) < 4.78 is 2.30. The first-order valence-electron chi connectivity index (χ1n) is 3.86. The first-order valence-corrected chi connectivity index (χ1v) is 5.47. The largest absolute Gasteiger partial charge is 0.298 e. The van der Waals surface area contributed by atoms with Crippen LogP contribution in [-0.4, -0.2) is 6.29 Å². The number of thiophene rings is 1. The summed E-state index contributed by atoms with van der Waals surface area (Å²) in [5.41, 5.74) is 1.85. The zero-order valence-corrected chi connectivity index (χ0v) is 9.41. The molecule has 66 valence electrons. The van der Waals surface area contributed by atoms with Crippen molar-refractivity contribution in [3.05, 3.63) is 33.1 Å². The molecule has 0 N–H and O–H groups in total. The number of hydrogen-bond donors (Lipinski definition) is 0. The minimum absolute atomic E-state index is 0.779. The van der Waals surface area contributed by atoms with Crippen molar-refractivity contribution in [3.8, 4) is 0 Å². The molecule has 1 heterocycles. The van der Waals surface area contributed by atoms with Crippen LogP contribution in [0.5, 0.6) is 0 Å². The number of hydrogen-bond acceptors (Lipinski definition) is 2. The molecule has 0 aliphatic carbocycles. The number of fused-ring (bicyclic) bond motifs is 1. The first-order chi connectivity index (χ1) is 6.22. The minimum atomic E-state index is 0.779. The molecule has 0 amide bonds. The van der Waals surface area contributed by atoms with Crippen molar-refractivity contribution in [2.24, 2.45) is 0 Å². The van der Waals surface area contributed by atoms with Gasteiger partial charge >= 0.3 is 0 Å². The van der Waals surface area contributed by atoms with Gasteiger partial charge in [-0.25, -0.2) is 0 Å². The lowest BCUT2D eigenvalue weighted by Gasteiger charge is -1.98. The summed E-state index contributed by atoms with van der Waals surface area (Å²) in [5, 5.41) is 1.19. The maximum absolute atomic E-state index is 10.7. The van der Waals surface area contributed by atoms with Crippen molar-refractivity contribution in [1.82, 2.24) is 0 Å². The van der Waals surface area contributed by atoms with Gasteiger partial charge in [-0.15, -0.1) is 11.3 Å². The van der Waals surface area contributed by atoms with Gasteiger partial charge in [0.1, 0.15) is 6.29 Å². The van der Waals surface area contributed by atoms with Gasteiger partial charge in [0.2, 0.25) is 0 Å². The van der Waals surface area contributed by atoms with Gasteiger partial charge in [-0.1, -0.05) is 12.1 Å². The van der Waals surface area contributed by atoms with Crippen molar-refractivity contribution in [3.63, 3.8) is 0 Å². The maximum atomic E-state index is 10.7. The van der Waals surface area contributed by atoms with Crippen molar-refractivity contribution in [2.45, 2.75) is 6.92 Å². The highest BCUT2D eigenvalue weighted by atomic mass is 79.9. The van der Waals surface area contributed by atoms with Gasteiger partial charge in [0.15, 0.2) is 0 Å². The van der Waals surface area contributed by atoms with E-state index >= 15 is 0 Å². The molecule has 3 heteroatoms. The zero-order chi connectivity index (χ0) is 9.42. The number of halogens is 1. The molecular formula is C10H7BrOS. The molecule has 0 spiro atoms. The summed E-state index contributed by atoms with van der Waals surface area (Å²) in [7, 11) is 0. The third-order valence-electron chi connectivity index (χ3n) is 2.07. The van der Waals surface area contributed by atoms with Crippen LogP contribution in [0, 0.1) is 6.92 Å². The molecule has 1 aromatic carbocycles. The fourth-order valence-corrected chi connectivity index (χ4v) is 2.98. The number of aldehydes is 1. The highest BCUT2D eigenvalue weighted by Crippen LogP contribution is 2.32. The van der Waals surface area contributed by atoms with Crippen LogP contribution in [0.3, 0.4) is 0 Å². The molecule has 2 aromatic rings. The second kappa shape index (κ2) is 3.24. The Bertz CT molecular complexity index is 473. The zero-order valence-electron chi connectivity index (χ0n) is 7.00. The molecule has 0 aliphatic heterocycles. The lowest BCUT2D eigenvalue weighted by molar-refractivity contribution is 0.112. The third kappa shape index (κ3) is 1.42. The molecule has 0 saturated carbocycles. The first kappa shape index (κ1) is 8.91. The molecule has 0 atom stereocenters. The topological polar surface area (TPSA) is 17.1 Å². The van der Waals surface area contributed by atoms with Crippen molar-refractivity contribution >= 4 is 43.6 Å². The summed E-state index contributed by atoms with van der Waals surface area (Å²) in [6.45, 7) is 1.98. The average Bonchev–Trinajstić information content (AvgIpc) is 2.47. The third-order valence-corrected chi connectivity index (χ3v) is 3.85. The predicted molar refractivity (Wildman–Crippen MR) is 59.6 cm³/mol. The Morgan fingerprint density at radius 3 is 2.92 bits per heavy atom. The van der Waals surface area contributed by atoms with Crippen molar-refractivity contribution in [1.29, 1.82) is 0 Å². The maximum Gasteiger partial charge on any atom is 0.150 e. The van der Waals surface area contributed by atoms with E-state index in [1.54, 1.807) is 11.3 Å². The molecule has 1 nitrogen and oxygen atoms in total. The molecule has 1 aromatic heterocycles. The molecular weight excluding hydrogens is 248 g/mol. The van der Waals surface area contributed by atoms with Crippen LogP contribution in [0.2, 0.25) is 0 Å². The Balaban J connectivity index is 2.85. The molecule has 0 saturated heterocycles. The van der Waals surface area contributed by atoms with E-state index < -0.39 is 0 Å². The lowest BCUT2D eigenvalue weighted by Crippen LogP contribution is -1.84. The molecule has 13 heavy (non-hydrogen) atoms. The number of benzene rings is 1. The Morgan fingerprint density at radius 1 is 1.46 bits per heavy atom. The van der Waals surface area contributed by atoms with E-state index in [-0.39, 0.29) is 0 Å². The van der Waals surface area contributed by atoms with E-state index in [4.69, 9.17) is 0 Å². The van der Waals surface area contributed by atoms with E-state index in [1.807, 2.05) is 19.1 Å².